The van der Waals surface area contributed by atoms with Crippen molar-refractivity contribution in [1.29, 1.82) is 0 Å². The van der Waals surface area contributed by atoms with Gasteiger partial charge in [-0.3, -0.25) is 0 Å². The largest absolute Gasteiger partial charge is 0.508 e. The molecule has 4 heteroatoms. The normalized spacial score (nSPS) is 12.6. The Morgan fingerprint density at radius 2 is 0.871 bits per heavy atom. The smallest absolute Gasteiger partial charge is 0.119 e. The fourth-order valence-corrected chi connectivity index (χ4v) is 4.06. The lowest BCUT2D eigenvalue weighted by Gasteiger charge is -2.27. The van der Waals surface area contributed by atoms with Crippen LogP contribution < -0.4 is 0 Å². The Balaban J connectivity index is 1.97. The molecule has 0 saturated carbocycles. The number of nitrogens with zero attached hydrogens (tertiary/aromatic N) is 1. The Morgan fingerprint density at radius 1 is 0.516 bits per heavy atom. The van der Waals surface area contributed by atoms with E-state index in [4.69, 9.17) is 0 Å². The molecule has 0 spiro atoms. The maximum atomic E-state index is 10.7. The van der Waals surface area contributed by atoms with Gasteiger partial charge in [-0.25, -0.2) is 0 Å². The summed E-state index contributed by atoms with van der Waals surface area (Å²) in [7, 11) is 0. The zero-order valence-electron chi connectivity index (χ0n) is 16.8. The summed E-state index contributed by atoms with van der Waals surface area (Å²) in [6.45, 7) is 0. The molecule has 0 amide bonds. The van der Waals surface area contributed by atoms with Crippen LogP contribution in [0.1, 0.15) is 34.1 Å². The quantitative estimate of drug-likeness (QED) is 0.211. The maximum absolute atomic E-state index is 10.7. The molecule has 154 valence electrons. The minimum atomic E-state index is -0.530. The van der Waals surface area contributed by atoms with Gasteiger partial charge >= 0.3 is 0 Å². The molecule has 0 aliphatic heterocycles. The summed E-state index contributed by atoms with van der Waals surface area (Å²) >= 11 is 0. The van der Waals surface area contributed by atoms with Crippen LogP contribution in [-0.2, 0) is 0 Å². The van der Waals surface area contributed by atoms with Crippen molar-refractivity contribution in [1.82, 2.24) is 0 Å². The molecule has 31 heavy (non-hydrogen) atoms. The Kier molecular flexibility index (Phi) is 5.99. The van der Waals surface area contributed by atoms with E-state index in [1.807, 2.05) is 84.9 Å². The van der Waals surface area contributed by atoms with E-state index in [0.717, 1.165) is 11.1 Å². The van der Waals surface area contributed by atoms with Crippen LogP contribution in [0.3, 0.4) is 0 Å². The van der Waals surface area contributed by atoms with Gasteiger partial charge in [0.1, 0.15) is 11.5 Å². The van der Waals surface area contributed by atoms with E-state index in [-0.39, 0.29) is 11.5 Å². The van der Waals surface area contributed by atoms with Crippen molar-refractivity contribution < 1.29 is 15.4 Å². The van der Waals surface area contributed by atoms with E-state index < -0.39 is 11.8 Å². The summed E-state index contributed by atoms with van der Waals surface area (Å²) in [4.78, 5) is 0. The molecular weight excluding hydrogens is 386 g/mol. The van der Waals surface area contributed by atoms with Crippen LogP contribution in [0.25, 0.3) is 0 Å². The maximum Gasteiger partial charge on any atom is 0.119 e. The molecule has 0 aliphatic carbocycles. The predicted octanol–water partition coefficient (Wildman–Crippen LogP) is 5.89. The summed E-state index contributed by atoms with van der Waals surface area (Å²) in [6.07, 6.45) is 0. The van der Waals surface area contributed by atoms with Crippen molar-refractivity contribution in [2.75, 3.05) is 0 Å². The molecule has 2 unspecified atom stereocenters. The van der Waals surface area contributed by atoms with Crippen LogP contribution in [0.15, 0.2) is 114 Å². The summed E-state index contributed by atoms with van der Waals surface area (Å²) in [6, 6.07) is 33.3. The molecule has 0 heterocycles. The lowest BCUT2D eigenvalue weighted by Crippen LogP contribution is -2.23. The fraction of sp³-hybridized carbons (Fsp3) is 0.0741. The van der Waals surface area contributed by atoms with Gasteiger partial charge in [-0.15, -0.1) is 0 Å². The minimum absolute atomic E-state index is 0.113. The number of hydrogen-bond acceptors (Lipinski definition) is 4. The second-order valence-corrected chi connectivity index (χ2v) is 7.33. The summed E-state index contributed by atoms with van der Waals surface area (Å²) in [5, 5.41) is 35.4. The van der Waals surface area contributed by atoms with Gasteiger partial charge in [-0.05, 0) is 23.3 Å². The van der Waals surface area contributed by atoms with E-state index in [0.29, 0.717) is 16.8 Å². The van der Waals surface area contributed by atoms with Crippen molar-refractivity contribution in [3.63, 3.8) is 0 Å². The van der Waals surface area contributed by atoms with Crippen LogP contribution >= 0.6 is 0 Å². The molecular formula is C27H23NO3. The topological polar surface area (TPSA) is 73.1 Å². The minimum Gasteiger partial charge on any atom is -0.508 e. The Morgan fingerprint density at radius 3 is 1.23 bits per heavy atom. The second-order valence-electron chi connectivity index (χ2n) is 7.33. The molecule has 4 rings (SSSR count). The number of rotatable bonds is 6. The molecule has 0 aromatic heterocycles. The third-order valence-electron chi connectivity index (χ3n) is 5.47. The monoisotopic (exact) mass is 409 g/mol. The van der Waals surface area contributed by atoms with Crippen molar-refractivity contribution in [2.45, 2.75) is 11.8 Å². The first kappa shape index (κ1) is 20.2. The number of hydrogen-bond donors (Lipinski definition) is 3. The zero-order chi connectivity index (χ0) is 21.6. The Bertz CT molecular complexity index is 1080. The van der Waals surface area contributed by atoms with Crippen molar-refractivity contribution in [3.05, 3.63) is 131 Å². The summed E-state index contributed by atoms with van der Waals surface area (Å²) < 4.78 is 0. The second kappa shape index (κ2) is 9.18. The van der Waals surface area contributed by atoms with E-state index in [9.17, 15) is 15.4 Å². The molecule has 0 aliphatic rings. The van der Waals surface area contributed by atoms with Gasteiger partial charge in [0.25, 0.3) is 0 Å². The lowest BCUT2D eigenvalue weighted by molar-refractivity contribution is 0.315. The van der Waals surface area contributed by atoms with Gasteiger partial charge in [0.05, 0.1) is 17.5 Å². The van der Waals surface area contributed by atoms with Gasteiger partial charge in [-0.1, -0.05) is 102 Å². The zero-order valence-corrected chi connectivity index (χ0v) is 16.8. The van der Waals surface area contributed by atoms with E-state index in [1.54, 1.807) is 24.3 Å². The first-order chi connectivity index (χ1) is 15.2. The summed E-state index contributed by atoms with van der Waals surface area (Å²) in [5.74, 6) is -0.836. The highest BCUT2D eigenvalue weighted by Gasteiger charge is 2.33. The average Bonchev–Trinajstić information content (AvgIpc) is 2.82. The van der Waals surface area contributed by atoms with Crippen molar-refractivity contribution in [3.8, 4) is 11.5 Å². The molecule has 4 nitrogen and oxygen atoms in total. The molecule has 4 aromatic carbocycles. The highest BCUT2D eigenvalue weighted by molar-refractivity contribution is 6.01. The van der Waals surface area contributed by atoms with Crippen LogP contribution in [0.4, 0.5) is 0 Å². The third kappa shape index (κ3) is 4.14. The lowest BCUT2D eigenvalue weighted by atomic mass is 9.76. The Labute approximate surface area is 181 Å². The van der Waals surface area contributed by atoms with E-state index in [1.165, 1.54) is 0 Å². The molecule has 3 N–H and O–H groups in total. The van der Waals surface area contributed by atoms with E-state index >= 15 is 0 Å². The molecule has 4 aromatic rings. The number of para-hydroxylation sites is 2. The first-order valence-corrected chi connectivity index (χ1v) is 10.1. The van der Waals surface area contributed by atoms with Gasteiger partial charge in [-0.2, -0.15) is 0 Å². The highest BCUT2D eigenvalue weighted by Crippen LogP contribution is 2.41. The first-order valence-electron chi connectivity index (χ1n) is 10.1. The standard InChI is InChI=1S/C27H23NO3/c29-23-17-9-7-15-21(23)25(19-11-3-1-4-12-19)27(28-31)26(20-13-5-2-6-14-20)22-16-8-10-18-24(22)30/h1-18,25-26,29-31H. The third-order valence-corrected chi connectivity index (χ3v) is 5.47. The molecule has 0 bridgehead atoms. The number of aromatic hydroxyl groups is 2. The number of phenolic OH excluding ortho intramolecular Hbond substituents is 2. The van der Waals surface area contributed by atoms with Crippen LogP contribution in [-0.4, -0.2) is 21.1 Å². The highest BCUT2D eigenvalue weighted by atomic mass is 16.4. The molecule has 0 fully saturated rings. The summed E-state index contributed by atoms with van der Waals surface area (Å²) in [5.41, 5.74) is 3.39. The van der Waals surface area contributed by atoms with Gasteiger partial charge in [0.2, 0.25) is 0 Å². The van der Waals surface area contributed by atoms with E-state index in [2.05, 4.69) is 5.16 Å². The fourth-order valence-electron chi connectivity index (χ4n) is 4.06. The molecule has 2 atom stereocenters. The Hall–Kier alpha value is -4.05. The van der Waals surface area contributed by atoms with Gasteiger partial charge < -0.3 is 15.4 Å². The van der Waals surface area contributed by atoms with Crippen LogP contribution in [0, 0.1) is 0 Å². The van der Waals surface area contributed by atoms with Gasteiger partial charge in [0.15, 0.2) is 0 Å². The average molecular weight is 409 g/mol. The molecule has 0 radical (unpaired) electrons. The van der Waals surface area contributed by atoms with Crippen LogP contribution in [0.2, 0.25) is 0 Å². The van der Waals surface area contributed by atoms with Crippen LogP contribution in [0.5, 0.6) is 11.5 Å². The number of phenols is 2. The number of benzene rings is 4. The predicted molar refractivity (Wildman–Crippen MR) is 122 cm³/mol. The van der Waals surface area contributed by atoms with Gasteiger partial charge in [0, 0.05) is 11.1 Å². The SMILES string of the molecule is ON=C(C(c1ccccc1)c1ccccc1O)C(c1ccccc1)c1ccccc1O. The van der Waals surface area contributed by atoms with Crippen molar-refractivity contribution >= 4 is 5.71 Å². The number of oxime groups is 1. The van der Waals surface area contributed by atoms with Crippen molar-refractivity contribution in [2.24, 2.45) is 5.16 Å². The molecule has 0 saturated heterocycles.